The Morgan fingerprint density at radius 1 is 1.03 bits per heavy atom. The van der Waals surface area contributed by atoms with Crippen molar-refractivity contribution in [2.75, 3.05) is 11.9 Å². The maximum Gasteiger partial charge on any atom is 0.329 e. The average molecular weight is 444 g/mol. The van der Waals surface area contributed by atoms with E-state index in [0.717, 1.165) is 33.1 Å². The number of nitrogens with zero attached hydrogens (tertiary/aromatic N) is 2. The van der Waals surface area contributed by atoms with Crippen molar-refractivity contribution >= 4 is 29.6 Å². The van der Waals surface area contributed by atoms with Crippen molar-refractivity contribution in [3.63, 3.8) is 0 Å². The Bertz CT molecular complexity index is 1270. The minimum absolute atomic E-state index is 0.106. The molecule has 3 N–H and O–H groups in total. The van der Waals surface area contributed by atoms with E-state index in [4.69, 9.17) is 0 Å². The van der Waals surface area contributed by atoms with Crippen LogP contribution in [0.4, 0.5) is 10.5 Å². The highest BCUT2D eigenvalue weighted by Gasteiger charge is 2.35. The third-order valence-corrected chi connectivity index (χ3v) is 5.48. The van der Waals surface area contributed by atoms with Crippen molar-refractivity contribution in [1.29, 1.82) is 0 Å². The second kappa shape index (κ2) is 8.66. The van der Waals surface area contributed by atoms with Gasteiger partial charge in [-0.3, -0.25) is 9.59 Å². The fourth-order valence-electron chi connectivity index (χ4n) is 3.78. The van der Waals surface area contributed by atoms with Gasteiger partial charge >= 0.3 is 6.03 Å². The minimum Gasteiger partial charge on any atom is -0.508 e. The summed E-state index contributed by atoms with van der Waals surface area (Å²) in [6.07, 6.45) is 1.61. The molecular weight excluding hydrogens is 420 g/mol. The number of aromatic hydroxyl groups is 1. The molecule has 0 aliphatic carbocycles. The van der Waals surface area contributed by atoms with Crippen molar-refractivity contribution < 1.29 is 19.5 Å². The monoisotopic (exact) mass is 444 g/mol. The van der Waals surface area contributed by atoms with Gasteiger partial charge in [-0.25, -0.2) is 9.69 Å². The lowest BCUT2D eigenvalue weighted by Gasteiger charge is -2.12. The molecule has 0 atom stereocenters. The molecule has 8 nitrogen and oxygen atoms in total. The first-order valence-corrected chi connectivity index (χ1v) is 10.4. The predicted molar refractivity (Wildman–Crippen MR) is 125 cm³/mol. The van der Waals surface area contributed by atoms with Gasteiger partial charge in [0.15, 0.2) is 0 Å². The van der Waals surface area contributed by atoms with Crippen LogP contribution in [0.15, 0.2) is 60.3 Å². The summed E-state index contributed by atoms with van der Waals surface area (Å²) >= 11 is 0. The fourth-order valence-corrected chi connectivity index (χ4v) is 3.78. The summed E-state index contributed by atoms with van der Waals surface area (Å²) in [5.41, 5.74) is 5.17. The van der Waals surface area contributed by atoms with Gasteiger partial charge in [0.1, 0.15) is 18.0 Å². The van der Waals surface area contributed by atoms with Gasteiger partial charge in [-0.1, -0.05) is 17.7 Å². The van der Waals surface area contributed by atoms with Crippen LogP contribution in [-0.4, -0.2) is 39.0 Å². The van der Waals surface area contributed by atoms with Crippen molar-refractivity contribution in [1.82, 2.24) is 14.8 Å². The highest BCUT2D eigenvalue weighted by molar-refractivity contribution is 6.16. The van der Waals surface area contributed by atoms with Crippen molar-refractivity contribution in [2.24, 2.45) is 0 Å². The molecule has 1 aromatic heterocycles. The first-order chi connectivity index (χ1) is 15.7. The molecule has 1 aliphatic heterocycles. The zero-order valence-electron chi connectivity index (χ0n) is 18.5. The molecule has 2 heterocycles. The van der Waals surface area contributed by atoms with E-state index in [0.29, 0.717) is 5.69 Å². The van der Waals surface area contributed by atoms with Crippen LogP contribution in [0.3, 0.4) is 0 Å². The van der Waals surface area contributed by atoms with E-state index in [1.54, 1.807) is 42.5 Å². The highest BCUT2D eigenvalue weighted by Crippen LogP contribution is 2.25. The van der Waals surface area contributed by atoms with Gasteiger partial charge < -0.3 is 20.3 Å². The van der Waals surface area contributed by atoms with E-state index in [-0.39, 0.29) is 18.0 Å². The molecule has 4 amide bonds. The number of rotatable bonds is 5. The van der Waals surface area contributed by atoms with E-state index in [1.807, 2.05) is 43.5 Å². The standard InChI is InChI=1S/C25H24N4O4/c1-15-4-6-19(7-5-15)26-23(31)14-28-24(32)22(27-25(28)33)13-18-12-16(2)29(17(18)3)20-8-10-21(30)11-9-20/h4-13,30H,14H2,1-3H3,(H,26,31)(H,27,33)/b22-13+. The van der Waals surface area contributed by atoms with Crippen molar-refractivity contribution in [3.8, 4) is 11.4 Å². The number of carbonyl (C=O) groups excluding carboxylic acids is 3. The normalized spacial score (nSPS) is 14.6. The lowest BCUT2D eigenvalue weighted by molar-refractivity contribution is -0.127. The molecule has 168 valence electrons. The average Bonchev–Trinajstić information content (AvgIpc) is 3.20. The number of hydrogen-bond acceptors (Lipinski definition) is 4. The minimum atomic E-state index is -0.641. The molecule has 0 saturated carbocycles. The molecule has 2 aromatic carbocycles. The van der Waals surface area contributed by atoms with Gasteiger partial charge in [-0.2, -0.15) is 0 Å². The van der Waals surface area contributed by atoms with Gasteiger partial charge in [0.2, 0.25) is 5.91 Å². The van der Waals surface area contributed by atoms with Crippen LogP contribution >= 0.6 is 0 Å². The molecule has 4 rings (SSSR count). The van der Waals surface area contributed by atoms with Crippen LogP contribution in [-0.2, 0) is 9.59 Å². The maximum atomic E-state index is 12.8. The summed E-state index contributed by atoms with van der Waals surface area (Å²) < 4.78 is 1.99. The van der Waals surface area contributed by atoms with Crippen molar-refractivity contribution in [2.45, 2.75) is 20.8 Å². The summed E-state index contributed by atoms with van der Waals surface area (Å²) in [6.45, 7) is 5.39. The number of anilines is 1. The molecule has 1 saturated heterocycles. The third-order valence-electron chi connectivity index (χ3n) is 5.48. The van der Waals surface area contributed by atoms with Crippen LogP contribution in [0.25, 0.3) is 11.8 Å². The zero-order valence-corrected chi connectivity index (χ0v) is 18.5. The maximum absolute atomic E-state index is 12.8. The van der Waals surface area contributed by atoms with Gasteiger partial charge in [-0.15, -0.1) is 0 Å². The molecular formula is C25H24N4O4. The second-order valence-corrected chi connectivity index (χ2v) is 7.97. The smallest absolute Gasteiger partial charge is 0.329 e. The molecule has 8 heteroatoms. The number of carbonyl (C=O) groups is 3. The van der Waals surface area contributed by atoms with Crippen LogP contribution in [0.5, 0.6) is 5.75 Å². The van der Waals surface area contributed by atoms with E-state index in [9.17, 15) is 19.5 Å². The van der Waals surface area contributed by atoms with Crippen molar-refractivity contribution in [3.05, 3.63) is 82.8 Å². The number of hydrogen-bond donors (Lipinski definition) is 3. The molecule has 1 fully saturated rings. The molecule has 3 aromatic rings. The van der Waals surface area contributed by atoms with E-state index < -0.39 is 17.8 Å². The Balaban J connectivity index is 1.52. The topological polar surface area (TPSA) is 104 Å². The Morgan fingerprint density at radius 3 is 2.36 bits per heavy atom. The third kappa shape index (κ3) is 4.50. The highest BCUT2D eigenvalue weighted by atomic mass is 16.3. The van der Waals surface area contributed by atoms with Crippen LogP contribution in [0.1, 0.15) is 22.5 Å². The first kappa shape index (κ1) is 21.9. The quantitative estimate of drug-likeness (QED) is 0.413. The largest absolute Gasteiger partial charge is 0.508 e. The molecule has 1 aliphatic rings. The van der Waals surface area contributed by atoms with Crippen LogP contribution < -0.4 is 10.6 Å². The van der Waals surface area contributed by atoms with Gasteiger partial charge in [0, 0.05) is 22.8 Å². The molecule has 33 heavy (non-hydrogen) atoms. The second-order valence-electron chi connectivity index (χ2n) is 7.97. The Hall–Kier alpha value is -4.33. The number of aryl methyl sites for hydroxylation is 2. The summed E-state index contributed by atoms with van der Waals surface area (Å²) in [5.74, 6) is -0.850. The summed E-state index contributed by atoms with van der Waals surface area (Å²) in [4.78, 5) is 38.4. The van der Waals surface area contributed by atoms with Gasteiger partial charge in [0.05, 0.1) is 0 Å². The number of phenols is 1. The number of imide groups is 1. The van der Waals surface area contributed by atoms with Crippen LogP contribution in [0.2, 0.25) is 0 Å². The molecule has 0 bridgehead atoms. The van der Waals surface area contributed by atoms with Gasteiger partial charge in [-0.05, 0) is 74.9 Å². The zero-order chi connectivity index (χ0) is 23.7. The first-order valence-electron chi connectivity index (χ1n) is 10.4. The number of aromatic nitrogens is 1. The Kier molecular flexibility index (Phi) is 5.74. The number of urea groups is 1. The predicted octanol–water partition coefficient (Wildman–Crippen LogP) is 3.64. The Morgan fingerprint density at radius 2 is 1.70 bits per heavy atom. The number of amides is 4. The summed E-state index contributed by atoms with van der Waals surface area (Å²) in [6, 6.07) is 15.3. The number of benzene rings is 2. The number of phenolic OH excluding ortho intramolecular Hbond substituents is 1. The molecule has 0 unspecified atom stereocenters. The van der Waals surface area contributed by atoms with E-state index in [2.05, 4.69) is 10.6 Å². The van der Waals surface area contributed by atoms with Gasteiger partial charge in [0.25, 0.3) is 5.91 Å². The Labute approximate surface area is 191 Å². The summed E-state index contributed by atoms with van der Waals surface area (Å²) in [7, 11) is 0. The fraction of sp³-hybridized carbons (Fsp3) is 0.160. The molecule has 0 spiro atoms. The SMILES string of the molecule is Cc1ccc(NC(=O)CN2C(=O)N/C(=C/c3cc(C)n(-c4ccc(O)cc4)c3C)C2=O)cc1. The lowest BCUT2D eigenvalue weighted by Crippen LogP contribution is -2.38. The van der Waals surface area contributed by atoms with E-state index in [1.165, 1.54) is 0 Å². The van der Waals surface area contributed by atoms with E-state index >= 15 is 0 Å². The molecule has 0 radical (unpaired) electrons. The number of nitrogens with one attached hydrogen (secondary N) is 2. The summed E-state index contributed by atoms with van der Waals surface area (Å²) in [5, 5.41) is 14.8. The lowest BCUT2D eigenvalue weighted by atomic mass is 10.2. The van der Waals surface area contributed by atoms with Crippen LogP contribution in [0, 0.1) is 20.8 Å².